The number of carboxylic acids is 5. The molecule has 26 heavy (non-hydrogen) atoms. The Labute approximate surface area is 171 Å². The van der Waals surface area contributed by atoms with E-state index in [4.69, 9.17) is 67.0 Å². The summed E-state index contributed by atoms with van der Waals surface area (Å²) in [5, 5.41) is 37.1. The van der Waals surface area contributed by atoms with E-state index >= 15 is 0 Å². The van der Waals surface area contributed by atoms with Gasteiger partial charge in [0.05, 0.1) is 0 Å². The molecule has 0 atom stereocenters. The van der Waals surface area contributed by atoms with Crippen molar-refractivity contribution in [3.63, 3.8) is 0 Å². The van der Waals surface area contributed by atoms with Gasteiger partial charge >= 0.3 is 40.0 Å². The molecule has 0 saturated heterocycles. The van der Waals surface area contributed by atoms with E-state index in [1.807, 2.05) is 0 Å². The summed E-state index contributed by atoms with van der Waals surface area (Å²) in [6.45, 7) is 5.42. The van der Waals surface area contributed by atoms with Gasteiger partial charge in [-0.15, -0.1) is 0 Å². The van der Waals surface area contributed by atoms with Crippen LogP contribution >= 0.6 is 0 Å². The fourth-order valence-corrected chi connectivity index (χ4v) is 0. The normalized spacial score (nSPS) is 7.04. The Balaban J connectivity index is -0.0000000331. The number of hydrogen-bond donors (Lipinski definition) is 7. The topological polar surface area (TPSA) is 261 Å². The van der Waals surface area contributed by atoms with Crippen molar-refractivity contribution in [3.05, 3.63) is 0 Å². The molecule has 0 aliphatic rings. The summed E-state index contributed by atoms with van der Waals surface area (Å²) >= 11 is 0. The Morgan fingerprint density at radius 2 is 0.500 bits per heavy atom. The SMILES string of the molecule is CC(=O)O.CC(=O)O.CC(=O)O.CC(=O)O.CC(=O)O.O=S(=O)(O)O.[NaH]. The van der Waals surface area contributed by atoms with Crippen molar-refractivity contribution < 1.29 is 67.0 Å². The van der Waals surface area contributed by atoms with Crippen molar-refractivity contribution in [2.24, 2.45) is 0 Å². The van der Waals surface area contributed by atoms with Crippen molar-refractivity contribution >= 4 is 69.8 Å². The molecule has 0 fully saturated rings. The number of carboxylic acid groups (broad SMARTS) is 5. The molecule has 0 bridgehead atoms. The number of aliphatic carboxylic acids is 5. The van der Waals surface area contributed by atoms with Gasteiger partial charge in [0.2, 0.25) is 0 Å². The summed E-state index contributed by atoms with van der Waals surface area (Å²) in [4.78, 5) is 45.0. The number of rotatable bonds is 0. The third-order valence-electron chi connectivity index (χ3n) is 0. The second-order valence-electron chi connectivity index (χ2n) is 3.04. The summed E-state index contributed by atoms with van der Waals surface area (Å²) in [5.74, 6) is -4.17. The van der Waals surface area contributed by atoms with Crippen LogP contribution in [0.1, 0.15) is 34.6 Å². The van der Waals surface area contributed by atoms with Gasteiger partial charge in [0.25, 0.3) is 29.8 Å². The monoisotopic (exact) mass is 422 g/mol. The van der Waals surface area contributed by atoms with Gasteiger partial charge in [0.1, 0.15) is 0 Å². The minimum atomic E-state index is -4.67. The van der Waals surface area contributed by atoms with Crippen LogP contribution in [0.4, 0.5) is 0 Å². The van der Waals surface area contributed by atoms with Crippen molar-refractivity contribution in [1.82, 2.24) is 0 Å². The summed E-state index contributed by atoms with van der Waals surface area (Å²) in [7, 11) is -4.67. The van der Waals surface area contributed by atoms with E-state index in [0.29, 0.717) is 0 Å². The molecule has 0 spiro atoms. The van der Waals surface area contributed by atoms with Crippen LogP contribution in [0.25, 0.3) is 0 Å². The first kappa shape index (κ1) is 44.0. The molecule has 14 nitrogen and oxygen atoms in total. The molecule has 0 rings (SSSR count). The first-order valence-electron chi connectivity index (χ1n) is 5.34. The molecule has 0 saturated carbocycles. The van der Waals surface area contributed by atoms with Gasteiger partial charge in [0, 0.05) is 34.6 Å². The summed E-state index contributed by atoms with van der Waals surface area (Å²) in [6, 6.07) is 0. The fourth-order valence-electron chi connectivity index (χ4n) is 0. The van der Waals surface area contributed by atoms with Crippen LogP contribution in [0.2, 0.25) is 0 Å². The molecule has 0 aliphatic heterocycles. The second kappa shape index (κ2) is 31.0. The van der Waals surface area contributed by atoms with Crippen LogP contribution in [-0.2, 0) is 34.4 Å². The van der Waals surface area contributed by atoms with Crippen LogP contribution in [0.15, 0.2) is 0 Å². The standard InChI is InChI=1S/5C2H4O2.Na.H2O4S.H/c5*1-2(3)4;;1-5(2,3)4;/h5*1H3,(H,3,4);;(H2,1,2,3,4);. The maximum atomic E-state index is 9.00. The number of carbonyl (C=O) groups is 5. The zero-order chi connectivity index (χ0) is 22.4. The van der Waals surface area contributed by atoms with Gasteiger partial charge < -0.3 is 25.5 Å². The molecule has 154 valence electrons. The van der Waals surface area contributed by atoms with Gasteiger partial charge in [-0.3, -0.25) is 33.1 Å². The third-order valence-corrected chi connectivity index (χ3v) is 0. The zero-order valence-corrected chi connectivity index (χ0v) is 14.7. The molecule has 0 amide bonds. The van der Waals surface area contributed by atoms with Gasteiger partial charge in [-0.1, -0.05) is 0 Å². The minimum absolute atomic E-state index is 0. The Morgan fingerprint density at radius 1 is 0.500 bits per heavy atom. The molecular weight excluding hydrogens is 399 g/mol. The van der Waals surface area contributed by atoms with Crippen molar-refractivity contribution in [3.8, 4) is 0 Å². The molecule has 0 aliphatic carbocycles. The van der Waals surface area contributed by atoms with Crippen LogP contribution in [0.3, 0.4) is 0 Å². The first-order chi connectivity index (χ1) is 10.7. The van der Waals surface area contributed by atoms with Crippen molar-refractivity contribution in [2.45, 2.75) is 34.6 Å². The van der Waals surface area contributed by atoms with E-state index in [-0.39, 0.29) is 29.6 Å². The Bertz CT molecular complexity index is 386. The second-order valence-corrected chi connectivity index (χ2v) is 3.94. The fraction of sp³-hybridized carbons (Fsp3) is 0.500. The van der Waals surface area contributed by atoms with Crippen molar-refractivity contribution in [2.75, 3.05) is 0 Å². The summed E-state index contributed by atoms with van der Waals surface area (Å²) in [5.41, 5.74) is 0. The third kappa shape index (κ3) is 3160. The van der Waals surface area contributed by atoms with Crippen LogP contribution in [-0.4, -0.2) is 102 Å². The van der Waals surface area contributed by atoms with E-state index < -0.39 is 40.2 Å². The predicted octanol–water partition coefficient (Wildman–Crippen LogP) is -0.847. The van der Waals surface area contributed by atoms with Gasteiger partial charge in [0.15, 0.2) is 0 Å². The molecule has 16 heteroatoms. The average molecular weight is 422 g/mol. The van der Waals surface area contributed by atoms with E-state index in [9.17, 15) is 0 Å². The van der Waals surface area contributed by atoms with Crippen LogP contribution in [0.5, 0.6) is 0 Å². The summed E-state index contributed by atoms with van der Waals surface area (Å²) < 4.78 is 31.6. The molecule has 0 aromatic carbocycles. The van der Waals surface area contributed by atoms with E-state index in [2.05, 4.69) is 0 Å². The molecule has 7 N–H and O–H groups in total. The predicted molar refractivity (Wildman–Crippen MR) is 87.9 cm³/mol. The molecule has 0 aromatic rings. The maximum absolute atomic E-state index is 9.00. The van der Waals surface area contributed by atoms with Gasteiger partial charge in [-0.05, 0) is 0 Å². The van der Waals surface area contributed by atoms with Gasteiger partial charge in [-0.25, -0.2) is 0 Å². The Kier molecular flexibility index (Phi) is 52.6. The molecular formula is C10H23NaO14S. The first-order valence-corrected chi connectivity index (χ1v) is 6.73. The van der Waals surface area contributed by atoms with E-state index in [0.717, 1.165) is 34.6 Å². The molecule has 0 aromatic heterocycles. The molecule has 0 heterocycles. The Hall–Kier alpha value is -1.78. The number of hydrogen-bond acceptors (Lipinski definition) is 7. The zero-order valence-electron chi connectivity index (χ0n) is 13.9. The van der Waals surface area contributed by atoms with Gasteiger partial charge in [-0.2, -0.15) is 8.42 Å². The van der Waals surface area contributed by atoms with E-state index in [1.165, 1.54) is 0 Å². The van der Waals surface area contributed by atoms with Crippen molar-refractivity contribution in [1.29, 1.82) is 0 Å². The van der Waals surface area contributed by atoms with Crippen LogP contribution < -0.4 is 0 Å². The van der Waals surface area contributed by atoms with Crippen LogP contribution in [0, 0.1) is 0 Å². The summed E-state index contributed by atoms with van der Waals surface area (Å²) in [6.07, 6.45) is 0. The average Bonchev–Trinajstić information content (AvgIpc) is 2.06. The molecule has 0 unspecified atom stereocenters. The molecule has 0 radical (unpaired) electrons. The quantitative estimate of drug-likeness (QED) is 0.185. The Morgan fingerprint density at radius 3 is 0.500 bits per heavy atom. The van der Waals surface area contributed by atoms with E-state index in [1.54, 1.807) is 0 Å².